The lowest BCUT2D eigenvalue weighted by molar-refractivity contribution is -0.145. The first-order chi connectivity index (χ1) is 6.54. The third-order valence-corrected chi connectivity index (χ3v) is 3.00. The smallest absolute Gasteiger partial charge is 0.320 e. The summed E-state index contributed by atoms with van der Waals surface area (Å²) in [6.45, 7) is 4.20. The van der Waals surface area contributed by atoms with Crippen LogP contribution in [0.3, 0.4) is 0 Å². The molecule has 0 aromatic heterocycles. The number of likely N-dealkylation sites (tertiary alicyclic amines) is 1. The maximum absolute atomic E-state index is 10.8. The number of hydrogen-bond donors (Lipinski definition) is 2. The van der Waals surface area contributed by atoms with Gasteiger partial charge in [-0.2, -0.15) is 0 Å². The molecule has 14 heavy (non-hydrogen) atoms. The number of hydrogen-bond acceptors (Lipinski definition) is 3. The third-order valence-electron chi connectivity index (χ3n) is 3.00. The average Bonchev–Trinajstić information content (AvgIpc) is 2.16. The lowest BCUT2D eigenvalue weighted by Gasteiger charge is -2.39. The summed E-state index contributed by atoms with van der Waals surface area (Å²) < 4.78 is 0. The predicted molar refractivity (Wildman–Crippen MR) is 53.1 cm³/mol. The lowest BCUT2D eigenvalue weighted by atomic mass is 9.96. The van der Waals surface area contributed by atoms with E-state index < -0.39 is 18.1 Å². The van der Waals surface area contributed by atoms with Gasteiger partial charge >= 0.3 is 5.97 Å². The first-order valence-corrected chi connectivity index (χ1v) is 5.20. The van der Waals surface area contributed by atoms with Gasteiger partial charge in [0.05, 0.1) is 6.10 Å². The SMILES string of the molecule is CC(O)C1CCCCN1C(C)C(=O)O. The Morgan fingerprint density at radius 2 is 2.07 bits per heavy atom. The number of carboxylic acids is 1. The molecule has 0 bridgehead atoms. The molecule has 0 radical (unpaired) electrons. The summed E-state index contributed by atoms with van der Waals surface area (Å²) in [4.78, 5) is 12.7. The highest BCUT2D eigenvalue weighted by atomic mass is 16.4. The fourth-order valence-corrected chi connectivity index (χ4v) is 2.12. The Labute approximate surface area is 84.5 Å². The van der Waals surface area contributed by atoms with Gasteiger partial charge in [-0.25, -0.2) is 0 Å². The van der Waals surface area contributed by atoms with Crippen molar-refractivity contribution in [1.29, 1.82) is 0 Å². The van der Waals surface area contributed by atoms with Crippen molar-refractivity contribution in [3.05, 3.63) is 0 Å². The molecule has 1 aliphatic heterocycles. The van der Waals surface area contributed by atoms with Gasteiger partial charge in [0.1, 0.15) is 6.04 Å². The van der Waals surface area contributed by atoms with Gasteiger partial charge in [-0.15, -0.1) is 0 Å². The molecule has 0 amide bonds. The maximum Gasteiger partial charge on any atom is 0.320 e. The summed E-state index contributed by atoms with van der Waals surface area (Å²) in [7, 11) is 0. The van der Waals surface area contributed by atoms with Crippen LogP contribution in [0.4, 0.5) is 0 Å². The summed E-state index contributed by atoms with van der Waals surface area (Å²) in [5, 5.41) is 18.5. The van der Waals surface area contributed by atoms with Gasteiger partial charge in [0.2, 0.25) is 0 Å². The minimum absolute atomic E-state index is 0.00912. The van der Waals surface area contributed by atoms with Crippen LogP contribution in [0.2, 0.25) is 0 Å². The number of rotatable bonds is 3. The van der Waals surface area contributed by atoms with Gasteiger partial charge in [0, 0.05) is 6.04 Å². The monoisotopic (exact) mass is 201 g/mol. The van der Waals surface area contributed by atoms with Crippen LogP contribution in [0.1, 0.15) is 33.1 Å². The van der Waals surface area contributed by atoms with E-state index in [-0.39, 0.29) is 6.04 Å². The molecule has 1 saturated heterocycles. The average molecular weight is 201 g/mol. The van der Waals surface area contributed by atoms with Crippen LogP contribution in [0, 0.1) is 0 Å². The first kappa shape index (κ1) is 11.5. The van der Waals surface area contributed by atoms with Gasteiger partial charge in [0.15, 0.2) is 0 Å². The fraction of sp³-hybridized carbons (Fsp3) is 0.900. The van der Waals surface area contributed by atoms with E-state index in [9.17, 15) is 9.90 Å². The van der Waals surface area contributed by atoms with Crippen molar-refractivity contribution in [2.24, 2.45) is 0 Å². The molecule has 0 aromatic rings. The molecule has 1 aliphatic rings. The molecule has 4 heteroatoms. The lowest BCUT2D eigenvalue weighted by Crippen LogP contribution is -2.52. The van der Waals surface area contributed by atoms with Gasteiger partial charge in [-0.05, 0) is 33.2 Å². The molecule has 1 rings (SSSR count). The minimum Gasteiger partial charge on any atom is -0.480 e. The minimum atomic E-state index is -0.808. The zero-order chi connectivity index (χ0) is 10.7. The molecular formula is C10H19NO3. The molecule has 0 saturated carbocycles. The molecule has 4 nitrogen and oxygen atoms in total. The van der Waals surface area contributed by atoms with Crippen molar-refractivity contribution in [1.82, 2.24) is 4.90 Å². The first-order valence-electron chi connectivity index (χ1n) is 5.20. The van der Waals surface area contributed by atoms with Crippen molar-refractivity contribution in [2.45, 2.75) is 51.3 Å². The van der Waals surface area contributed by atoms with Crippen LogP contribution < -0.4 is 0 Å². The number of nitrogens with zero attached hydrogens (tertiary/aromatic N) is 1. The van der Waals surface area contributed by atoms with Crippen LogP contribution in [-0.4, -0.2) is 45.8 Å². The molecule has 3 unspecified atom stereocenters. The molecular weight excluding hydrogens is 182 g/mol. The van der Waals surface area contributed by atoms with E-state index in [0.29, 0.717) is 0 Å². The highest BCUT2D eigenvalue weighted by Crippen LogP contribution is 2.22. The highest BCUT2D eigenvalue weighted by Gasteiger charge is 2.32. The molecule has 0 aromatic carbocycles. The van der Waals surface area contributed by atoms with Crippen LogP contribution in [0.15, 0.2) is 0 Å². The van der Waals surface area contributed by atoms with Crippen LogP contribution >= 0.6 is 0 Å². The summed E-state index contributed by atoms with van der Waals surface area (Å²) in [5.41, 5.74) is 0. The van der Waals surface area contributed by atoms with Crippen molar-refractivity contribution < 1.29 is 15.0 Å². The van der Waals surface area contributed by atoms with Crippen LogP contribution in [-0.2, 0) is 4.79 Å². The zero-order valence-corrected chi connectivity index (χ0v) is 8.81. The molecule has 0 spiro atoms. The zero-order valence-electron chi connectivity index (χ0n) is 8.81. The highest BCUT2D eigenvalue weighted by molar-refractivity contribution is 5.72. The molecule has 1 heterocycles. The van der Waals surface area contributed by atoms with E-state index in [2.05, 4.69) is 0 Å². The Morgan fingerprint density at radius 3 is 2.57 bits per heavy atom. The summed E-state index contributed by atoms with van der Waals surface area (Å²) >= 11 is 0. The van der Waals surface area contributed by atoms with E-state index in [1.807, 2.05) is 4.90 Å². The Kier molecular flexibility index (Phi) is 3.89. The number of piperidine rings is 1. The number of aliphatic carboxylic acids is 1. The van der Waals surface area contributed by atoms with Crippen molar-refractivity contribution >= 4 is 5.97 Å². The fourth-order valence-electron chi connectivity index (χ4n) is 2.12. The van der Waals surface area contributed by atoms with E-state index in [1.54, 1.807) is 13.8 Å². The number of carboxylic acid groups (broad SMARTS) is 1. The predicted octanol–water partition coefficient (Wildman–Crippen LogP) is 0.695. The normalized spacial score (nSPS) is 28.4. The number of aliphatic hydroxyl groups excluding tert-OH is 1. The van der Waals surface area contributed by atoms with Crippen molar-refractivity contribution in [2.75, 3.05) is 6.54 Å². The molecule has 82 valence electrons. The van der Waals surface area contributed by atoms with Gasteiger partial charge < -0.3 is 10.2 Å². The molecule has 1 fully saturated rings. The van der Waals surface area contributed by atoms with Crippen molar-refractivity contribution in [3.63, 3.8) is 0 Å². The van der Waals surface area contributed by atoms with Gasteiger partial charge in [0.25, 0.3) is 0 Å². The molecule has 3 atom stereocenters. The van der Waals surface area contributed by atoms with E-state index in [4.69, 9.17) is 5.11 Å². The largest absolute Gasteiger partial charge is 0.480 e. The molecule has 0 aliphatic carbocycles. The Balaban J connectivity index is 2.67. The Hall–Kier alpha value is -0.610. The quantitative estimate of drug-likeness (QED) is 0.705. The summed E-state index contributed by atoms with van der Waals surface area (Å²) in [6.07, 6.45) is 2.56. The van der Waals surface area contributed by atoms with Crippen LogP contribution in [0.5, 0.6) is 0 Å². The second-order valence-electron chi connectivity index (χ2n) is 4.06. The molecule has 2 N–H and O–H groups in total. The number of aliphatic hydroxyl groups is 1. The van der Waals surface area contributed by atoms with Gasteiger partial charge in [-0.3, -0.25) is 9.69 Å². The summed E-state index contributed by atoms with van der Waals surface area (Å²) in [5.74, 6) is -0.808. The standard InChI is InChI=1S/C10H19NO3/c1-7(10(13)14)11-6-4-3-5-9(11)8(2)12/h7-9,12H,3-6H2,1-2H3,(H,13,14). The topological polar surface area (TPSA) is 60.8 Å². The van der Waals surface area contributed by atoms with E-state index in [0.717, 1.165) is 25.8 Å². The second kappa shape index (κ2) is 4.75. The third kappa shape index (κ3) is 2.45. The van der Waals surface area contributed by atoms with E-state index >= 15 is 0 Å². The summed E-state index contributed by atoms with van der Waals surface area (Å²) in [6, 6.07) is -0.482. The van der Waals surface area contributed by atoms with E-state index in [1.165, 1.54) is 0 Å². The second-order valence-corrected chi connectivity index (χ2v) is 4.06. The van der Waals surface area contributed by atoms with Gasteiger partial charge in [-0.1, -0.05) is 6.42 Å². The number of carbonyl (C=O) groups is 1. The maximum atomic E-state index is 10.8. The van der Waals surface area contributed by atoms with Crippen molar-refractivity contribution in [3.8, 4) is 0 Å². The Bertz CT molecular complexity index is 206. The Morgan fingerprint density at radius 1 is 1.43 bits per heavy atom. The van der Waals surface area contributed by atoms with Crippen LogP contribution in [0.25, 0.3) is 0 Å².